The van der Waals surface area contributed by atoms with Crippen LogP contribution in [0.2, 0.25) is 0 Å². The van der Waals surface area contributed by atoms with Gasteiger partial charge in [-0.2, -0.15) is 0 Å². The minimum absolute atomic E-state index is 0.0721. The van der Waals surface area contributed by atoms with E-state index >= 15 is 0 Å². The van der Waals surface area contributed by atoms with Crippen molar-refractivity contribution in [2.75, 3.05) is 25.4 Å². The topological polar surface area (TPSA) is 49.6 Å². The summed E-state index contributed by atoms with van der Waals surface area (Å²) in [4.78, 5) is 17.4. The molecule has 2 aromatic rings. The molecule has 0 unspecified atom stereocenters. The molecule has 2 aliphatic rings. The van der Waals surface area contributed by atoms with Crippen LogP contribution in [0.3, 0.4) is 0 Å². The van der Waals surface area contributed by atoms with Crippen molar-refractivity contribution >= 4 is 11.6 Å². The number of nitrogens with two attached hydrogens (primary N) is 1. The molecule has 2 aliphatic heterocycles. The Balaban J connectivity index is 1.33. The van der Waals surface area contributed by atoms with Crippen LogP contribution >= 0.6 is 0 Å². The minimum atomic E-state index is 0.0721. The zero-order chi connectivity index (χ0) is 18.8. The summed E-state index contributed by atoms with van der Waals surface area (Å²) >= 11 is 0. The van der Waals surface area contributed by atoms with E-state index in [1.54, 1.807) is 0 Å². The van der Waals surface area contributed by atoms with Gasteiger partial charge >= 0.3 is 0 Å². The summed E-state index contributed by atoms with van der Waals surface area (Å²) in [5, 5.41) is 0. The second kappa shape index (κ2) is 7.73. The van der Waals surface area contributed by atoms with Gasteiger partial charge in [-0.3, -0.25) is 9.69 Å². The van der Waals surface area contributed by atoms with Gasteiger partial charge in [0.05, 0.1) is 6.04 Å². The van der Waals surface area contributed by atoms with Crippen LogP contribution < -0.4 is 5.73 Å². The van der Waals surface area contributed by atoms with Crippen molar-refractivity contribution in [3.05, 3.63) is 65.2 Å². The van der Waals surface area contributed by atoms with E-state index in [0.29, 0.717) is 11.8 Å². The number of amides is 1. The fourth-order valence-corrected chi connectivity index (χ4v) is 4.44. The summed E-state index contributed by atoms with van der Waals surface area (Å²) in [5.41, 5.74) is 10.5. The molecule has 0 spiro atoms. The second-order valence-electron chi connectivity index (χ2n) is 8.03. The Morgan fingerprint density at radius 2 is 1.59 bits per heavy atom. The smallest absolute Gasteiger partial charge is 0.240 e. The Hall–Kier alpha value is -2.33. The van der Waals surface area contributed by atoms with Gasteiger partial charge in [0.15, 0.2) is 0 Å². The lowest BCUT2D eigenvalue weighted by Crippen LogP contribution is -2.45. The SMILES string of the molecule is Cc1ccc(CN2CC[C@@H](N3CCC(c4ccc(N)cc4)CC3)C2=O)cc1. The molecular formula is C23H29N3O. The molecule has 2 fully saturated rings. The summed E-state index contributed by atoms with van der Waals surface area (Å²) in [6.07, 6.45) is 3.19. The van der Waals surface area contributed by atoms with E-state index in [9.17, 15) is 4.79 Å². The van der Waals surface area contributed by atoms with Gasteiger partial charge in [0, 0.05) is 18.8 Å². The second-order valence-corrected chi connectivity index (χ2v) is 8.03. The van der Waals surface area contributed by atoms with Crippen LogP contribution in [0.1, 0.15) is 41.9 Å². The average Bonchev–Trinajstić information content (AvgIpc) is 3.05. The molecule has 2 saturated heterocycles. The molecular weight excluding hydrogens is 334 g/mol. The maximum absolute atomic E-state index is 12.9. The summed E-state index contributed by atoms with van der Waals surface area (Å²) in [6, 6.07) is 16.9. The number of piperidine rings is 1. The molecule has 0 radical (unpaired) electrons. The molecule has 0 saturated carbocycles. The van der Waals surface area contributed by atoms with E-state index in [-0.39, 0.29) is 6.04 Å². The molecule has 27 heavy (non-hydrogen) atoms. The number of anilines is 1. The Morgan fingerprint density at radius 1 is 0.926 bits per heavy atom. The van der Waals surface area contributed by atoms with Gasteiger partial charge in [0.2, 0.25) is 5.91 Å². The molecule has 0 aliphatic carbocycles. The molecule has 0 aromatic heterocycles. The number of likely N-dealkylation sites (tertiary alicyclic amines) is 2. The van der Waals surface area contributed by atoms with Crippen LogP contribution in [0.4, 0.5) is 5.69 Å². The first-order valence-corrected chi connectivity index (χ1v) is 10.0. The monoisotopic (exact) mass is 363 g/mol. The maximum Gasteiger partial charge on any atom is 0.240 e. The number of hydrogen-bond acceptors (Lipinski definition) is 3. The van der Waals surface area contributed by atoms with Gasteiger partial charge in [-0.05, 0) is 68.5 Å². The zero-order valence-corrected chi connectivity index (χ0v) is 16.1. The van der Waals surface area contributed by atoms with Crippen molar-refractivity contribution in [3.8, 4) is 0 Å². The largest absolute Gasteiger partial charge is 0.399 e. The first kappa shape index (κ1) is 18.1. The average molecular weight is 364 g/mol. The number of carbonyl (C=O) groups excluding carboxylic acids is 1. The quantitative estimate of drug-likeness (QED) is 0.845. The van der Waals surface area contributed by atoms with Gasteiger partial charge in [0.1, 0.15) is 0 Å². The lowest BCUT2D eigenvalue weighted by molar-refractivity contribution is -0.133. The molecule has 1 amide bonds. The Labute approximate surface area is 162 Å². The number of hydrogen-bond donors (Lipinski definition) is 1. The van der Waals surface area contributed by atoms with Crippen LogP contribution in [-0.4, -0.2) is 41.4 Å². The highest BCUT2D eigenvalue weighted by molar-refractivity contribution is 5.84. The van der Waals surface area contributed by atoms with Gasteiger partial charge in [-0.25, -0.2) is 0 Å². The Bertz CT molecular complexity index is 776. The fraction of sp³-hybridized carbons (Fsp3) is 0.435. The normalized spacial score (nSPS) is 21.7. The van der Waals surface area contributed by atoms with Gasteiger partial charge < -0.3 is 10.6 Å². The molecule has 2 heterocycles. The maximum atomic E-state index is 12.9. The standard InChI is InChI=1S/C23H29N3O/c1-17-2-4-18(5-3-17)16-26-15-12-22(23(26)27)25-13-10-20(11-14-25)19-6-8-21(24)9-7-19/h2-9,20,22H,10-16,24H2,1H3/t22-/m1/s1. The van der Waals surface area contributed by atoms with E-state index < -0.39 is 0 Å². The van der Waals surface area contributed by atoms with Crippen molar-refractivity contribution < 1.29 is 4.79 Å². The van der Waals surface area contributed by atoms with E-state index in [1.165, 1.54) is 16.7 Å². The van der Waals surface area contributed by atoms with E-state index in [1.807, 2.05) is 17.0 Å². The molecule has 4 heteroatoms. The third-order valence-corrected chi connectivity index (χ3v) is 6.14. The van der Waals surface area contributed by atoms with Crippen molar-refractivity contribution in [2.45, 2.75) is 44.7 Å². The summed E-state index contributed by atoms with van der Waals surface area (Å²) in [6.45, 7) is 5.70. The number of nitrogen functional groups attached to an aromatic ring is 1. The van der Waals surface area contributed by atoms with Crippen molar-refractivity contribution in [1.82, 2.24) is 9.80 Å². The third kappa shape index (κ3) is 4.01. The van der Waals surface area contributed by atoms with Crippen LogP contribution in [0.25, 0.3) is 0 Å². The lowest BCUT2D eigenvalue weighted by Gasteiger charge is -2.35. The van der Waals surface area contributed by atoms with Gasteiger partial charge in [-0.1, -0.05) is 42.0 Å². The molecule has 142 valence electrons. The van der Waals surface area contributed by atoms with E-state index in [2.05, 4.69) is 48.2 Å². The number of carbonyl (C=O) groups is 1. The van der Waals surface area contributed by atoms with Crippen LogP contribution in [-0.2, 0) is 11.3 Å². The molecule has 2 aromatic carbocycles. The highest BCUT2D eigenvalue weighted by Crippen LogP contribution is 2.31. The number of benzene rings is 2. The van der Waals surface area contributed by atoms with E-state index in [0.717, 1.165) is 51.1 Å². The third-order valence-electron chi connectivity index (χ3n) is 6.14. The highest BCUT2D eigenvalue weighted by Gasteiger charge is 2.37. The van der Waals surface area contributed by atoms with Crippen LogP contribution in [0, 0.1) is 6.92 Å². The molecule has 1 atom stereocenters. The van der Waals surface area contributed by atoms with Crippen LogP contribution in [0.5, 0.6) is 0 Å². The summed E-state index contributed by atoms with van der Waals surface area (Å²) < 4.78 is 0. The molecule has 4 rings (SSSR count). The van der Waals surface area contributed by atoms with Crippen molar-refractivity contribution in [3.63, 3.8) is 0 Å². The first-order valence-electron chi connectivity index (χ1n) is 10.0. The summed E-state index contributed by atoms with van der Waals surface area (Å²) in [5.74, 6) is 0.892. The molecule has 4 nitrogen and oxygen atoms in total. The van der Waals surface area contributed by atoms with Gasteiger partial charge in [0.25, 0.3) is 0 Å². The number of aryl methyl sites for hydroxylation is 1. The van der Waals surface area contributed by atoms with Gasteiger partial charge in [-0.15, -0.1) is 0 Å². The molecule has 2 N–H and O–H groups in total. The molecule has 0 bridgehead atoms. The fourth-order valence-electron chi connectivity index (χ4n) is 4.44. The van der Waals surface area contributed by atoms with E-state index in [4.69, 9.17) is 5.73 Å². The predicted molar refractivity (Wildman–Crippen MR) is 109 cm³/mol. The highest BCUT2D eigenvalue weighted by atomic mass is 16.2. The first-order chi connectivity index (χ1) is 13.1. The number of nitrogens with zero attached hydrogens (tertiary/aromatic N) is 2. The predicted octanol–water partition coefficient (Wildman–Crippen LogP) is 3.56. The minimum Gasteiger partial charge on any atom is -0.399 e. The number of rotatable bonds is 4. The van der Waals surface area contributed by atoms with Crippen molar-refractivity contribution in [1.29, 1.82) is 0 Å². The Kier molecular flexibility index (Phi) is 5.17. The van der Waals surface area contributed by atoms with Crippen LogP contribution in [0.15, 0.2) is 48.5 Å². The summed E-state index contributed by atoms with van der Waals surface area (Å²) in [7, 11) is 0. The van der Waals surface area contributed by atoms with Crippen molar-refractivity contribution in [2.24, 2.45) is 0 Å². The lowest BCUT2D eigenvalue weighted by atomic mass is 9.88. The Morgan fingerprint density at radius 3 is 2.26 bits per heavy atom. The zero-order valence-electron chi connectivity index (χ0n) is 16.1.